The van der Waals surface area contributed by atoms with Crippen LogP contribution in [0.5, 0.6) is 0 Å². The Morgan fingerprint density at radius 3 is 1.11 bits per heavy atom. The zero-order valence-electron chi connectivity index (χ0n) is 12.3. The fraction of sp³-hybridized carbons (Fsp3) is 0.875. The van der Waals surface area contributed by atoms with Gasteiger partial charge in [0.25, 0.3) is 0 Å². The van der Waals surface area contributed by atoms with E-state index in [1.54, 1.807) is 0 Å². The van der Waals surface area contributed by atoms with Gasteiger partial charge in [-0.1, -0.05) is 52.4 Å². The van der Waals surface area contributed by atoms with Gasteiger partial charge < -0.3 is 0 Å². The summed E-state index contributed by atoms with van der Waals surface area (Å²) in [5.41, 5.74) is 0. The Morgan fingerprint density at radius 2 is 0.833 bits per heavy atom. The number of ketones is 2. The first-order chi connectivity index (χ1) is 8.70. The first kappa shape index (κ1) is 17.3. The number of hydrogen-bond acceptors (Lipinski definition) is 2. The first-order valence-corrected chi connectivity index (χ1v) is 7.74. The molecule has 0 rings (SSSR count). The third-order valence-corrected chi connectivity index (χ3v) is 3.45. The maximum absolute atomic E-state index is 11.1. The van der Waals surface area contributed by atoms with E-state index in [1.165, 1.54) is 38.5 Å². The molecule has 0 aliphatic heterocycles. The van der Waals surface area contributed by atoms with Crippen LogP contribution >= 0.6 is 0 Å². The van der Waals surface area contributed by atoms with Crippen LogP contribution in [0.4, 0.5) is 0 Å². The summed E-state index contributed by atoms with van der Waals surface area (Å²) in [6.07, 6.45) is 12.5. The molecule has 0 aromatic rings. The number of rotatable bonds is 13. The number of unbranched alkanes of at least 4 members (excludes halogenated alkanes) is 7. The van der Waals surface area contributed by atoms with Crippen molar-refractivity contribution in [3.05, 3.63) is 0 Å². The normalized spacial score (nSPS) is 10.6. The van der Waals surface area contributed by atoms with Crippen LogP contribution in [0.3, 0.4) is 0 Å². The summed E-state index contributed by atoms with van der Waals surface area (Å²) in [4.78, 5) is 22.1. The quantitative estimate of drug-likeness (QED) is 0.440. The number of hydrogen-bond donors (Lipinski definition) is 0. The SMILES string of the molecule is CCC(=O)CCCCCCCCCCC(=O)CC. The molecule has 0 aromatic heterocycles. The Balaban J connectivity index is 3.07. The molecule has 0 aromatic carbocycles. The van der Waals surface area contributed by atoms with E-state index < -0.39 is 0 Å². The van der Waals surface area contributed by atoms with Crippen LogP contribution < -0.4 is 0 Å². The van der Waals surface area contributed by atoms with E-state index in [0.29, 0.717) is 24.4 Å². The summed E-state index contributed by atoms with van der Waals surface area (Å²) in [5, 5.41) is 0. The molecule has 0 saturated carbocycles. The van der Waals surface area contributed by atoms with Crippen molar-refractivity contribution >= 4 is 11.6 Å². The first-order valence-electron chi connectivity index (χ1n) is 7.74. The largest absolute Gasteiger partial charge is 0.300 e. The predicted molar refractivity (Wildman–Crippen MR) is 76.8 cm³/mol. The van der Waals surface area contributed by atoms with E-state index in [2.05, 4.69) is 0 Å². The van der Waals surface area contributed by atoms with Crippen molar-refractivity contribution in [3.63, 3.8) is 0 Å². The minimum atomic E-state index is 0.399. The van der Waals surface area contributed by atoms with Gasteiger partial charge in [-0.3, -0.25) is 9.59 Å². The van der Waals surface area contributed by atoms with Gasteiger partial charge in [-0.05, 0) is 12.8 Å². The van der Waals surface area contributed by atoms with Crippen molar-refractivity contribution in [1.29, 1.82) is 0 Å². The summed E-state index contributed by atoms with van der Waals surface area (Å²) in [6.45, 7) is 3.87. The summed E-state index contributed by atoms with van der Waals surface area (Å²) >= 11 is 0. The molecule has 0 atom stereocenters. The van der Waals surface area contributed by atoms with Gasteiger partial charge in [0.1, 0.15) is 11.6 Å². The fourth-order valence-electron chi connectivity index (χ4n) is 2.06. The fourth-order valence-corrected chi connectivity index (χ4v) is 2.06. The average Bonchev–Trinajstić information content (AvgIpc) is 2.40. The van der Waals surface area contributed by atoms with Gasteiger partial charge in [-0.15, -0.1) is 0 Å². The molecular formula is C16H30O2. The monoisotopic (exact) mass is 254 g/mol. The Hall–Kier alpha value is -0.660. The highest BCUT2D eigenvalue weighted by Gasteiger charge is 1.99. The van der Waals surface area contributed by atoms with Crippen LogP contribution in [0.2, 0.25) is 0 Å². The van der Waals surface area contributed by atoms with Gasteiger partial charge in [-0.2, -0.15) is 0 Å². The summed E-state index contributed by atoms with van der Waals surface area (Å²) in [7, 11) is 0. The number of carbonyl (C=O) groups excluding carboxylic acids is 2. The zero-order chi connectivity index (χ0) is 13.6. The van der Waals surface area contributed by atoms with Gasteiger partial charge in [-0.25, -0.2) is 0 Å². The topological polar surface area (TPSA) is 34.1 Å². The van der Waals surface area contributed by atoms with Crippen LogP contribution in [0.1, 0.15) is 90.9 Å². The maximum Gasteiger partial charge on any atom is 0.132 e. The molecule has 106 valence electrons. The molecular weight excluding hydrogens is 224 g/mol. The third-order valence-electron chi connectivity index (χ3n) is 3.45. The van der Waals surface area contributed by atoms with Crippen LogP contribution in [0.25, 0.3) is 0 Å². The van der Waals surface area contributed by atoms with Gasteiger partial charge in [0, 0.05) is 25.7 Å². The molecule has 2 nitrogen and oxygen atoms in total. The standard InChI is InChI=1S/C16H30O2/c1-3-15(17)13-11-9-7-5-6-8-10-12-14-16(18)4-2/h3-14H2,1-2H3. The van der Waals surface area contributed by atoms with Gasteiger partial charge in [0.2, 0.25) is 0 Å². The minimum absolute atomic E-state index is 0.399. The van der Waals surface area contributed by atoms with E-state index in [0.717, 1.165) is 25.7 Å². The van der Waals surface area contributed by atoms with Crippen molar-refractivity contribution < 1.29 is 9.59 Å². The molecule has 0 bridgehead atoms. The van der Waals surface area contributed by atoms with Crippen molar-refractivity contribution in [2.24, 2.45) is 0 Å². The van der Waals surface area contributed by atoms with Crippen LogP contribution in [0.15, 0.2) is 0 Å². The lowest BCUT2D eigenvalue weighted by Gasteiger charge is -2.02. The predicted octanol–water partition coefficient (Wildman–Crippen LogP) is 4.85. The summed E-state index contributed by atoms with van der Waals surface area (Å²) < 4.78 is 0. The number of carbonyl (C=O) groups is 2. The van der Waals surface area contributed by atoms with Gasteiger partial charge in [0.15, 0.2) is 0 Å². The molecule has 0 amide bonds. The van der Waals surface area contributed by atoms with E-state index >= 15 is 0 Å². The Morgan fingerprint density at radius 1 is 0.556 bits per heavy atom. The van der Waals surface area contributed by atoms with Crippen LogP contribution in [-0.4, -0.2) is 11.6 Å². The highest BCUT2D eigenvalue weighted by molar-refractivity contribution is 5.78. The maximum atomic E-state index is 11.1. The summed E-state index contributed by atoms with van der Waals surface area (Å²) in [5.74, 6) is 0.797. The van der Waals surface area contributed by atoms with E-state index in [4.69, 9.17) is 0 Å². The van der Waals surface area contributed by atoms with Crippen LogP contribution in [-0.2, 0) is 9.59 Å². The molecule has 18 heavy (non-hydrogen) atoms. The lowest BCUT2D eigenvalue weighted by atomic mass is 10.0. The molecule has 0 aliphatic rings. The van der Waals surface area contributed by atoms with E-state index in [-0.39, 0.29) is 0 Å². The van der Waals surface area contributed by atoms with Gasteiger partial charge >= 0.3 is 0 Å². The molecule has 0 aliphatic carbocycles. The second-order valence-electron chi connectivity index (χ2n) is 5.11. The molecule has 0 saturated heterocycles. The molecule has 0 fully saturated rings. The van der Waals surface area contributed by atoms with E-state index in [1.807, 2.05) is 13.8 Å². The Labute approximate surface area is 113 Å². The van der Waals surface area contributed by atoms with Crippen molar-refractivity contribution in [2.45, 2.75) is 90.9 Å². The minimum Gasteiger partial charge on any atom is -0.300 e. The molecule has 0 radical (unpaired) electrons. The lowest BCUT2D eigenvalue weighted by Crippen LogP contribution is -1.94. The molecule has 0 N–H and O–H groups in total. The molecule has 0 spiro atoms. The van der Waals surface area contributed by atoms with Crippen molar-refractivity contribution in [3.8, 4) is 0 Å². The molecule has 0 heterocycles. The lowest BCUT2D eigenvalue weighted by molar-refractivity contribution is -0.119. The Kier molecular flexibility index (Phi) is 12.3. The third kappa shape index (κ3) is 11.8. The summed E-state index contributed by atoms with van der Waals surface area (Å²) in [6, 6.07) is 0. The molecule has 0 unspecified atom stereocenters. The smallest absolute Gasteiger partial charge is 0.132 e. The number of Topliss-reactive ketones (excluding diaryl/α,β-unsaturated/α-hetero) is 2. The second kappa shape index (κ2) is 12.8. The van der Waals surface area contributed by atoms with E-state index in [9.17, 15) is 9.59 Å². The average molecular weight is 254 g/mol. The second-order valence-corrected chi connectivity index (χ2v) is 5.11. The highest BCUT2D eigenvalue weighted by Crippen LogP contribution is 2.11. The zero-order valence-corrected chi connectivity index (χ0v) is 12.3. The Bertz CT molecular complexity index is 197. The van der Waals surface area contributed by atoms with Gasteiger partial charge in [0.05, 0.1) is 0 Å². The molecule has 2 heteroatoms. The highest BCUT2D eigenvalue weighted by atomic mass is 16.1. The van der Waals surface area contributed by atoms with Crippen LogP contribution in [0, 0.1) is 0 Å². The van der Waals surface area contributed by atoms with Crippen molar-refractivity contribution in [2.75, 3.05) is 0 Å². The van der Waals surface area contributed by atoms with Crippen molar-refractivity contribution in [1.82, 2.24) is 0 Å².